The zero-order valence-electron chi connectivity index (χ0n) is 14.2. The van der Waals surface area contributed by atoms with Gasteiger partial charge in [-0.1, -0.05) is 66.7 Å². The van der Waals surface area contributed by atoms with Crippen molar-refractivity contribution in [2.45, 2.75) is 6.54 Å². The number of anilines is 4. The predicted octanol–water partition coefficient (Wildman–Crippen LogP) is 4.57. The van der Waals surface area contributed by atoms with E-state index < -0.39 is 0 Å². The van der Waals surface area contributed by atoms with Gasteiger partial charge in [-0.25, -0.2) is 9.97 Å². The van der Waals surface area contributed by atoms with Crippen molar-refractivity contribution in [2.24, 2.45) is 0 Å². The maximum atomic E-state index is 6.29. The van der Waals surface area contributed by atoms with Gasteiger partial charge in [0.25, 0.3) is 0 Å². The number of rotatable bonds is 5. The molecule has 0 aliphatic rings. The number of benzene rings is 3. The second-order valence-electron chi connectivity index (χ2n) is 5.98. The van der Waals surface area contributed by atoms with Gasteiger partial charge in [-0.15, -0.1) is 0 Å². The van der Waals surface area contributed by atoms with Crippen LogP contribution in [0.15, 0.2) is 79.1 Å². The quantitative estimate of drug-likeness (QED) is 0.496. The van der Waals surface area contributed by atoms with Gasteiger partial charge in [0.2, 0.25) is 0 Å². The first-order valence-electron chi connectivity index (χ1n) is 8.44. The first kappa shape index (κ1) is 15.9. The lowest BCUT2D eigenvalue weighted by atomic mass is 10.1. The minimum atomic E-state index is 0.497. The normalized spacial score (nSPS) is 10.6. The van der Waals surface area contributed by atoms with Gasteiger partial charge < -0.3 is 16.4 Å². The zero-order valence-corrected chi connectivity index (χ0v) is 14.2. The van der Waals surface area contributed by atoms with E-state index in [0.29, 0.717) is 23.9 Å². The van der Waals surface area contributed by atoms with Crippen LogP contribution in [-0.4, -0.2) is 9.97 Å². The largest absolute Gasteiger partial charge is 0.393 e. The van der Waals surface area contributed by atoms with E-state index in [-0.39, 0.29) is 0 Å². The Morgan fingerprint density at radius 1 is 0.769 bits per heavy atom. The fraction of sp³-hybridized carbons (Fsp3) is 0.0476. The third-order valence-corrected chi connectivity index (χ3v) is 4.23. The molecular weight excluding hydrogens is 322 g/mol. The summed E-state index contributed by atoms with van der Waals surface area (Å²) in [6.45, 7) is 0.649. The number of nitrogens with zero attached hydrogens (tertiary/aromatic N) is 2. The summed E-state index contributed by atoms with van der Waals surface area (Å²) < 4.78 is 0. The first-order valence-corrected chi connectivity index (χ1v) is 8.44. The molecule has 0 saturated carbocycles. The number of hydrogen-bond donors (Lipinski definition) is 3. The van der Waals surface area contributed by atoms with Gasteiger partial charge in [0.05, 0.1) is 0 Å². The molecule has 128 valence electrons. The van der Waals surface area contributed by atoms with Gasteiger partial charge in [-0.2, -0.15) is 0 Å². The lowest BCUT2D eigenvalue weighted by molar-refractivity contribution is 1.09. The van der Waals surface area contributed by atoms with E-state index in [1.807, 2.05) is 42.5 Å². The van der Waals surface area contributed by atoms with E-state index >= 15 is 0 Å². The maximum absolute atomic E-state index is 6.29. The SMILES string of the molecule is Nc1c(NCc2ccccc2)ncnc1Nc1cccc2ccccc12. The highest BCUT2D eigenvalue weighted by Crippen LogP contribution is 2.30. The van der Waals surface area contributed by atoms with Crippen molar-refractivity contribution in [3.63, 3.8) is 0 Å². The van der Waals surface area contributed by atoms with Crippen LogP contribution in [0.25, 0.3) is 10.8 Å². The van der Waals surface area contributed by atoms with Gasteiger partial charge in [0, 0.05) is 17.6 Å². The van der Waals surface area contributed by atoms with Crippen molar-refractivity contribution in [1.29, 1.82) is 0 Å². The molecule has 1 heterocycles. The fourth-order valence-electron chi connectivity index (χ4n) is 2.88. The zero-order chi connectivity index (χ0) is 17.8. The number of aromatic nitrogens is 2. The highest BCUT2D eigenvalue weighted by Gasteiger charge is 2.09. The Morgan fingerprint density at radius 3 is 2.38 bits per heavy atom. The number of fused-ring (bicyclic) bond motifs is 1. The molecule has 4 rings (SSSR count). The molecule has 4 aromatic rings. The molecule has 0 aliphatic heterocycles. The molecule has 26 heavy (non-hydrogen) atoms. The van der Waals surface area contributed by atoms with E-state index in [9.17, 15) is 0 Å². The van der Waals surface area contributed by atoms with Gasteiger partial charge >= 0.3 is 0 Å². The molecular formula is C21H19N5. The Labute approximate surface area is 151 Å². The number of nitrogens with two attached hydrogens (primary N) is 1. The van der Waals surface area contributed by atoms with Crippen LogP contribution in [0.5, 0.6) is 0 Å². The van der Waals surface area contributed by atoms with Crippen molar-refractivity contribution in [1.82, 2.24) is 9.97 Å². The third-order valence-electron chi connectivity index (χ3n) is 4.23. The molecule has 0 radical (unpaired) electrons. The number of hydrogen-bond acceptors (Lipinski definition) is 5. The molecule has 0 unspecified atom stereocenters. The summed E-state index contributed by atoms with van der Waals surface area (Å²) in [4.78, 5) is 8.58. The highest BCUT2D eigenvalue weighted by molar-refractivity contribution is 5.96. The first-order chi connectivity index (χ1) is 12.8. The third kappa shape index (κ3) is 3.28. The summed E-state index contributed by atoms with van der Waals surface area (Å²) in [5, 5.41) is 8.89. The van der Waals surface area contributed by atoms with E-state index in [1.165, 1.54) is 6.33 Å². The summed E-state index contributed by atoms with van der Waals surface area (Å²) >= 11 is 0. The Balaban J connectivity index is 1.59. The van der Waals surface area contributed by atoms with Gasteiger partial charge in [-0.05, 0) is 17.0 Å². The Hall–Kier alpha value is -3.60. The van der Waals surface area contributed by atoms with Crippen LogP contribution in [0, 0.1) is 0 Å². The molecule has 0 fully saturated rings. The molecule has 5 heteroatoms. The summed E-state index contributed by atoms with van der Waals surface area (Å²) in [5.41, 5.74) is 8.91. The lowest BCUT2D eigenvalue weighted by Gasteiger charge is -2.14. The molecule has 5 nitrogen and oxygen atoms in total. The van der Waals surface area contributed by atoms with Crippen LogP contribution in [0.4, 0.5) is 23.0 Å². The van der Waals surface area contributed by atoms with Gasteiger partial charge in [0.1, 0.15) is 12.0 Å². The van der Waals surface area contributed by atoms with Crippen molar-refractivity contribution in [3.8, 4) is 0 Å². The molecule has 1 aromatic heterocycles. The van der Waals surface area contributed by atoms with Crippen molar-refractivity contribution >= 4 is 33.8 Å². The molecule has 0 amide bonds. The molecule has 0 aliphatic carbocycles. The fourth-order valence-corrected chi connectivity index (χ4v) is 2.88. The predicted molar refractivity (Wildman–Crippen MR) is 107 cm³/mol. The maximum Gasteiger partial charge on any atom is 0.159 e. The number of nitrogens with one attached hydrogen (secondary N) is 2. The second-order valence-corrected chi connectivity index (χ2v) is 5.98. The topological polar surface area (TPSA) is 75.9 Å². The van der Waals surface area contributed by atoms with Crippen molar-refractivity contribution in [2.75, 3.05) is 16.4 Å². The summed E-state index contributed by atoms with van der Waals surface area (Å²) in [6, 6.07) is 24.4. The standard InChI is InChI=1S/C21H19N5/c22-19-20(23-13-15-7-2-1-3-8-15)24-14-25-21(19)26-18-12-6-10-16-9-4-5-11-17(16)18/h1-12,14H,13,22H2,(H2,23,24,25,26). The molecule has 0 atom stereocenters. The van der Waals surface area contributed by atoms with Crippen LogP contribution >= 0.6 is 0 Å². The molecule has 4 N–H and O–H groups in total. The second kappa shape index (κ2) is 7.11. The number of nitrogen functional groups attached to an aromatic ring is 1. The van der Waals surface area contributed by atoms with Crippen molar-refractivity contribution < 1.29 is 0 Å². The average molecular weight is 341 g/mol. The van der Waals surface area contributed by atoms with Gasteiger partial charge in [-0.3, -0.25) is 0 Å². The van der Waals surface area contributed by atoms with E-state index in [0.717, 1.165) is 22.0 Å². The summed E-state index contributed by atoms with van der Waals surface area (Å²) in [6.07, 6.45) is 1.51. The monoisotopic (exact) mass is 341 g/mol. The van der Waals surface area contributed by atoms with Gasteiger partial charge in [0.15, 0.2) is 11.6 Å². The highest BCUT2D eigenvalue weighted by atomic mass is 15.1. The van der Waals surface area contributed by atoms with Crippen LogP contribution < -0.4 is 16.4 Å². The lowest BCUT2D eigenvalue weighted by Crippen LogP contribution is -2.08. The Kier molecular flexibility index (Phi) is 4.35. The molecule has 0 bridgehead atoms. The van der Waals surface area contributed by atoms with Crippen molar-refractivity contribution in [3.05, 3.63) is 84.7 Å². The Bertz CT molecular complexity index is 1030. The molecule has 0 spiro atoms. The molecule has 0 saturated heterocycles. The Morgan fingerprint density at radius 2 is 1.50 bits per heavy atom. The van der Waals surface area contributed by atoms with Crippen LogP contribution in [0.2, 0.25) is 0 Å². The van der Waals surface area contributed by atoms with Crippen LogP contribution in [0.3, 0.4) is 0 Å². The van der Waals surface area contributed by atoms with E-state index in [4.69, 9.17) is 5.73 Å². The average Bonchev–Trinajstić information content (AvgIpc) is 2.70. The minimum Gasteiger partial charge on any atom is -0.393 e. The van der Waals surface area contributed by atoms with E-state index in [2.05, 4.69) is 50.9 Å². The minimum absolute atomic E-state index is 0.497. The summed E-state index contributed by atoms with van der Waals surface area (Å²) in [5.74, 6) is 1.21. The van der Waals surface area contributed by atoms with Crippen LogP contribution in [0.1, 0.15) is 5.56 Å². The summed E-state index contributed by atoms with van der Waals surface area (Å²) in [7, 11) is 0. The van der Waals surface area contributed by atoms with E-state index in [1.54, 1.807) is 0 Å². The smallest absolute Gasteiger partial charge is 0.159 e. The molecule has 3 aromatic carbocycles. The van der Waals surface area contributed by atoms with Crippen LogP contribution in [-0.2, 0) is 6.54 Å².